The first kappa shape index (κ1) is 19.5. The van der Waals surface area contributed by atoms with Crippen LogP contribution in [0.3, 0.4) is 0 Å². The van der Waals surface area contributed by atoms with Crippen LogP contribution in [0.25, 0.3) is 0 Å². The van der Waals surface area contributed by atoms with Crippen LogP contribution in [0.2, 0.25) is 0 Å². The summed E-state index contributed by atoms with van der Waals surface area (Å²) in [6.45, 7) is 1.73. The van der Waals surface area contributed by atoms with Gasteiger partial charge in [0.15, 0.2) is 11.5 Å². The van der Waals surface area contributed by atoms with Crippen LogP contribution in [-0.2, 0) is 25.7 Å². The van der Waals surface area contributed by atoms with E-state index >= 15 is 0 Å². The molecule has 30 heavy (non-hydrogen) atoms. The third kappa shape index (κ3) is 3.98. The van der Waals surface area contributed by atoms with Gasteiger partial charge in [0.2, 0.25) is 12.7 Å². The van der Waals surface area contributed by atoms with Gasteiger partial charge < -0.3 is 24.3 Å². The molecule has 8 nitrogen and oxygen atoms in total. The number of para-hydroxylation sites is 1. The Morgan fingerprint density at radius 3 is 2.73 bits per heavy atom. The summed E-state index contributed by atoms with van der Waals surface area (Å²) in [5.41, 5.74) is 1.41. The predicted octanol–water partition coefficient (Wildman–Crippen LogP) is 2.33. The third-order valence-electron chi connectivity index (χ3n) is 4.76. The third-order valence-corrected chi connectivity index (χ3v) is 4.76. The molecule has 2 heterocycles. The van der Waals surface area contributed by atoms with Gasteiger partial charge in [-0.05, 0) is 24.6 Å². The Morgan fingerprint density at radius 2 is 1.97 bits per heavy atom. The van der Waals surface area contributed by atoms with Crippen molar-refractivity contribution in [2.75, 3.05) is 6.79 Å². The zero-order valence-electron chi connectivity index (χ0n) is 16.1. The van der Waals surface area contributed by atoms with Crippen molar-refractivity contribution >= 4 is 17.8 Å². The number of β-lactam (4-membered cyclic amide) rings is 1. The molecule has 8 heteroatoms. The topological polar surface area (TPSA) is 100 Å². The highest BCUT2D eigenvalue weighted by atomic mass is 16.7. The Morgan fingerprint density at radius 1 is 1.17 bits per heavy atom. The van der Waals surface area contributed by atoms with E-state index in [-0.39, 0.29) is 24.9 Å². The van der Waals surface area contributed by atoms with Gasteiger partial charge in [0.05, 0.1) is 0 Å². The number of fused-ring (bicyclic) bond motifs is 1. The Kier molecular flexibility index (Phi) is 5.38. The van der Waals surface area contributed by atoms with Crippen LogP contribution in [-0.4, -0.2) is 30.7 Å². The lowest BCUT2D eigenvalue weighted by molar-refractivity contribution is -0.139. The highest BCUT2D eigenvalue weighted by Crippen LogP contribution is 2.36. The Bertz CT molecular complexity index is 1020. The molecule has 0 saturated carbocycles. The monoisotopic (exact) mass is 409 g/mol. The maximum absolute atomic E-state index is 12.6. The molecule has 0 unspecified atom stereocenters. The number of ether oxygens (including phenoxy) is 4. The van der Waals surface area contributed by atoms with Gasteiger partial charge in [0.1, 0.15) is 24.2 Å². The first-order valence-electron chi connectivity index (χ1n) is 9.35. The summed E-state index contributed by atoms with van der Waals surface area (Å²) in [6, 6.07) is 14.1. The number of carbonyl (C=O) groups is 3. The molecule has 1 amide bonds. The fourth-order valence-electron chi connectivity index (χ4n) is 3.24. The van der Waals surface area contributed by atoms with E-state index in [1.807, 2.05) is 30.3 Å². The maximum atomic E-state index is 12.6. The van der Waals surface area contributed by atoms with Gasteiger partial charge in [-0.3, -0.25) is 4.79 Å². The summed E-state index contributed by atoms with van der Waals surface area (Å²) in [6.07, 6.45) is 0.411. The molecular weight excluding hydrogens is 390 g/mol. The van der Waals surface area contributed by atoms with E-state index in [0.717, 1.165) is 5.56 Å². The molecule has 0 aromatic heterocycles. The molecule has 0 aliphatic carbocycles. The standard InChI is InChI=1S/C22H19NO7/c1-13(30-22(26)15-8-5-9-17-20(15)29-12-28-17)19-16(23-21(19)25)10-18(24)27-11-14-6-3-2-4-7-14/h2-10,13,19H,11-12H2,1H3,(H,23,25)/b16-10-/t13-,19-/m1/s1. The molecular formula is C22H19NO7. The number of rotatable bonds is 6. The number of carbonyl (C=O) groups excluding carboxylic acids is 3. The van der Waals surface area contributed by atoms with Crippen molar-refractivity contribution in [3.8, 4) is 11.5 Å². The molecule has 2 aliphatic heterocycles. The molecule has 0 radical (unpaired) electrons. The van der Waals surface area contributed by atoms with Crippen molar-refractivity contribution in [3.05, 3.63) is 71.4 Å². The Hall–Kier alpha value is -3.81. The van der Waals surface area contributed by atoms with Crippen LogP contribution in [0, 0.1) is 5.92 Å². The molecule has 4 rings (SSSR count). The lowest BCUT2D eigenvalue weighted by Crippen LogP contribution is -2.52. The van der Waals surface area contributed by atoms with Crippen molar-refractivity contribution < 1.29 is 33.3 Å². The fraction of sp³-hybridized carbons (Fsp3) is 0.227. The summed E-state index contributed by atoms with van der Waals surface area (Å²) in [5, 5.41) is 2.54. The minimum Gasteiger partial charge on any atom is -0.458 e. The quantitative estimate of drug-likeness (QED) is 0.444. The van der Waals surface area contributed by atoms with Crippen LogP contribution in [0.15, 0.2) is 60.3 Å². The van der Waals surface area contributed by atoms with Crippen LogP contribution in [0.5, 0.6) is 11.5 Å². The van der Waals surface area contributed by atoms with E-state index in [9.17, 15) is 14.4 Å². The SMILES string of the molecule is C[C@@H](OC(=O)c1cccc2c1OCO2)[C@H]1C(=O)N/C1=C\C(=O)OCc1ccccc1. The highest BCUT2D eigenvalue weighted by Gasteiger charge is 2.41. The number of hydrogen-bond acceptors (Lipinski definition) is 7. The van der Waals surface area contributed by atoms with E-state index in [0.29, 0.717) is 17.2 Å². The van der Waals surface area contributed by atoms with Gasteiger partial charge >= 0.3 is 11.9 Å². The molecule has 0 spiro atoms. The van der Waals surface area contributed by atoms with Gasteiger partial charge in [-0.2, -0.15) is 0 Å². The molecule has 1 saturated heterocycles. The van der Waals surface area contributed by atoms with E-state index in [1.54, 1.807) is 25.1 Å². The van der Waals surface area contributed by atoms with E-state index in [1.165, 1.54) is 6.08 Å². The second kappa shape index (κ2) is 8.28. The van der Waals surface area contributed by atoms with Gasteiger partial charge in [0.25, 0.3) is 0 Å². The van der Waals surface area contributed by atoms with Crippen molar-refractivity contribution in [1.82, 2.24) is 5.32 Å². The number of benzene rings is 2. The van der Waals surface area contributed by atoms with Crippen molar-refractivity contribution in [2.24, 2.45) is 5.92 Å². The van der Waals surface area contributed by atoms with Gasteiger partial charge in [-0.25, -0.2) is 9.59 Å². The van der Waals surface area contributed by atoms with Gasteiger partial charge in [0, 0.05) is 11.8 Å². The molecule has 2 aromatic carbocycles. The van der Waals surface area contributed by atoms with E-state index < -0.39 is 24.0 Å². The molecule has 2 aliphatic rings. The lowest BCUT2D eigenvalue weighted by atomic mass is 9.90. The first-order chi connectivity index (χ1) is 14.5. The molecule has 1 N–H and O–H groups in total. The Balaban J connectivity index is 1.38. The fourth-order valence-corrected chi connectivity index (χ4v) is 3.24. The summed E-state index contributed by atoms with van der Waals surface area (Å²) in [4.78, 5) is 36.6. The highest BCUT2D eigenvalue weighted by molar-refractivity contribution is 5.97. The first-order valence-corrected chi connectivity index (χ1v) is 9.35. The average Bonchev–Trinajstić information content (AvgIpc) is 3.21. The molecule has 1 fully saturated rings. The van der Waals surface area contributed by atoms with Crippen molar-refractivity contribution in [1.29, 1.82) is 0 Å². The Labute approximate surface area is 172 Å². The zero-order chi connectivity index (χ0) is 21.1. The van der Waals surface area contributed by atoms with Crippen LogP contribution in [0.1, 0.15) is 22.8 Å². The predicted molar refractivity (Wildman–Crippen MR) is 103 cm³/mol. The zero-order valence-corrected chi connectivity index (χ0v) is 16.1. The summed E-state index contributed by atoms with van der Waals surface area (Å²) in [5.74, 6) is -1.57. The average molecular weight is 409 g/mol. The summed E-state index contributed by atoms with van der Waals surface area (Å²) < 4.78 is 21.2. The summed E-state index contributed by atoms with van der Waals surface area (Å²) in [7, 11) is 0. The lowest BCUT2D eigenvalue weighted by Gasteiger charge is -2.33. The van der Waals surface area contributed by atoms with Crippen LogP contribution >= 0.6 is 0 Å². The van der Waals surface area contributed by atoms with Crippen LogP contribution in [0.4, 0.5) is 0 Å². The number of amides is 1. The number of hydrogen-bond donors (Lipinski definition) is 1. The minimum atomic E-state index is -0.794. The van der Waals surface area contributed by atoms with Crippen molar-refractivity contribution in [3.63, 3.8) is 0 Å². The normalized spacial score (nSPS) is 18.9. The smallest absolute Gasteiger partial charge is 0.342 e. The number of esters is 2. The summed E-state index contributed by atoms with van der Waals surface area (Å²) >= 11 is 0. The molecule has 2 aromatic rings. The maximum Gasteiger partial charge on any atom is 0.342 e. The molecule has 0 bridgehead atoms. The minimum absolute atomic E-state index is 0.0260. The molecule has 2 atom stereocenters. The number of nitrogens with one attached hydrogen (secondary N) is 1. The van der Waals surface area contributed by atoms with Crippen molar-refractivity contribution in [2.45, 2.75) is 19.6 Å². The molecule has 154 valence electrons. The second-order valence-electron chi connectivity index (χ2n) is 6.81. The van der Waals surface area contributed by atoms with Gasteiger partial charge in [-0.1, -0.05) is 36.4 Å². The van der Waals surface area contributed by atoms with Crippen LogP contribution < -0.4 is 14.8 Å². The van der Waals surface area contributed by atoms with Gasteiger partial charge in [-0.15, -0.1) is 0 Å². The largest absolute Gasteiger partial charge is 0.458 e. The van der Waals surface area contributed by atoms with E-state index in [4.69, 9.17) is 18.9 Å². The second-order valence-corrected chi connectivity index (χ2v) is 6.81. The van der Waals surface area contributed by atoms with E-state index in [2.05, 4.69) is 5.32 Å².